The van der Waals surface area contributed by atoms with Gasteiger partial charge in [-0.3, -0.25) is 0 Å². The van der Waals surface area contributed by atoms with Crippen molar-refractivity contribution in [1.29, 1.82) is 0 Å². The Kier molecular flexibility index (Phi) is 7.42. The van der Waals surface area contributed by atoms with Gasteiger partial charge in [0.25, 0.3) is 0 Å². The lowest BCUT2D eigenvalue weighted by atomic mass is 9.99. The smallest absolute Gasteiger partial charge is 0.201 e. The Morgan fingerprint density at radius 3 is 2.09 bits per heavy atom. The molecule has 0 aromatic heterocycles. The number of phenols is 1. The fourth-order valence-corrected chi connectivity index (χ4v) is 3.83. The predicted octanol–water partition coefficient (Wildman–Crippen LogP) is 7.56. The molecule has 0 aliphatic carbocycles. The maximum atomic E-state index is 14.8. The second-order valence-electron chi connectivity index (χ2n) is 8.32. The van der Waals surface area contributed by atoms with E-state index in [1.54, 1.807) is 54.6 Å². The summed E-state index contributed by atoms with van der Waals surface area (Å²) in [5.74, 6) is -3.41. The Morgan fingerprint density at radius 1 is 0.771 bits per heavy atom. The molecule has 6 heteroatoms. The predicted molar refractivity (Wildman–Crippen MR) is 129 cm³/mol. The normalized spacial score (nSPS) is 11.9. The van der Waals surface area contributed by atoms with E-state index in [4.69, 9.17) is 4.74 Å². The van der Waals surface area contributed by atoms with E-state index in [9.17, 15) is 23.4 Å². The van der Waals surface area contributed by atoms with Crippen LogP contribution in [0.3, 0.4) is 0 Å². The Morgan fingerprint density at radius 2 is 1.43 bits per heavy atom. The highest BCUT2D eigenvalue weighted by Gasteiger charge is 2.17. The molecule has 2 N–H and O–H groups in total. The van der Waals surface area contributed by atoms with Crippen molar-refractivity contribution < 1.29 is 28.1 Å². The number of phenolic OH excluding ortho intramolecular Hbond substituents is 1. The van der Waals surface area contributed by atoms with Gasteiger partial charge in [0, 0.05) is 5.56 Å². The van der Waals surface area contributed by atoms with Crippen molar-refractivity contribution in [3.05, 3.63) is 107 Å². The summed E-state index contributed by atoms with van der Waals surface area (Å²) in [6, 6.07) is 20.7. The molecule has 180 valence electrons. The fourth-order valence-electron chi connectivity index (χ4n) is 3.83. The highest BCUT2D eigenvalue weighted by Crippen LogP contribution is 2.32. The summed E-state index contributed by atoms with van der Waals surface area (Å²) in [6.07, 6.45) is 0.891. The second-order valence-corrected chi connectivity index (χ2v) is 8.32. The summed E-state index contributed by atoms with van der Waals surface area (Å²) in [6.45, 7) is 2.00. The zero-order valence-corrected chi connectivity index (χ0v) is 19.1. The molecule has 0 saturated heterocycles. The number of hydrogen-bond acceptors (Lipinski definition) is 3. The van der Waals surface area contributed by atoms with E-state index >= 15 is 0 Å². The van der Waals surface area contributed by atoms with Crippen LogP contribution in [0, 0.1) is 17.5 Å². The molecule has 4 aromatic carbocycles. The van der Waals surface area contributed by atoms with Gasteiger partial charge in [-0.1, -0.05) is 67.9 Å². The molecule has 0 bridgehead atoms. The summed E-state index contributed by atoms with van der Waals surface area (Å²) < 4.78 is 48.6. The van der Waals surface area contributed by atoms with Crippen molar-refractivity contribution in [3.63, 3.8) is 0 Å². The number of halogens is 3. The van der Waals surface area contributed by atoms with E-state index in [-0.39, 0.29) is 17.9 Å². The standard InChI is InChI=1S/C29H25F3O3/c1-2-3-25(33)21-10-8-20(9-11-21)23-13-15-27(29(32)28(23)31)35-17-18-4-6-19(7-5-18)22-12-14-26(34)24(30)16-22/h4-16,25,33-34H,2-3,17H2,1H3. The van der Waals surface area contributed by atoms with E-state index < -0.39 is 29.3 Å². The molecule has 0 heterocycles. The van der Waals surface area contributed by atoms with E-state index in [0.717, 1.165) is 23.1 Å². The van der Waals surface area contributed by atoms with Crippen molar-refractivity contribution in [2.75, 3.05) is 0 Å². The minimum absolute atomic E-state index is 0.0178. The third kappa shape index (κ3) is 5.49. The number of benzene rings is 4. The van der Waals surface area contributed by atoms with Crippen LogP contribution < -0.4 is 4.74 Å². The SMILES string of the molecule is CCCC(O)c1ccc(-c2ccc(OCc3ccc(-c4ccc(O)c(F)c4)cc3)c(F)c2F)cc1. The largest absolute Gasteiger partial charge is 0.505 e. The average molecular weight is 479 g/mol. The average Bonchev–Trinajstić information content (AvgIpc) is 2.87. The third-order valence-electron chi connectivity index (χ3n) is 5.84. The van der Waals surface area contributed by atoms with Crippen molar-refractivity contribution in [2.45, 2.75) is 32.5 Å². The number of ether oxygens (including phenoxy) is 1. The summed E-state index contributed by atoms with van der Waals surface area (Å²) in [4.78, 5) is 0. The zero-order chi connectivity index (χ0) is 24.9. The van der Waals surface area contributed by atoms with Crippen LogP contribution in [0.2, 0.25) is 0 Å². The van der Waals surface area contributed by atoms with Crippen molar-refractivity contribution >= 4 is 0 Å². The molecule has 0 spiro atoms. The molecular weight excluding hydrogens is 453 g/mol. The Bertz CT molecular complexity index is 1300. The molecular formula is C29H25F3O3. The lowest BCUT2D eigenvalue weighted by molar-refractivity contribution is 0.166. The lowest BCUT2D eigenvalue weighted by Gasteiger charge is -2.13. The summed E-state index contributed by atoms with van der Waals surface area (Å²) in [7, 11) is 0. The van der Waals surface area contributed by atoms with E-state index in [1.807, 2.05) is 6.92 Å². The third-order valence-corrected chi connectivity index (χ3v) is 5.84. The molecule has 1 atom stereocenters. The molecule has 0 saturated carbocycles. The van der Waals surface area contributed by atoms with Gasteiger partial charge in [-0.25, -0.2) is 8.78 Å². The minimum Gasteiger partial charge on any atom is -0.505 e. The van der Waals surface area contributed by atoms with Gasteiger partial charge < -0.3 is 14.9 Å². The second kappa shape index (κ2) is 10.7. The molecule has 35 heavy (non-hydrogen) atoms. The Labute approximate surface area is 202 Å². The monoisotopic (exact) mass is 478 g/mol. The van der Waals surface area contributed by atoms with Gasteiger partial charge in [0.15, 0.2) is 23.1 Å². The van der Waals surface area contributed by atoms with Crippen LogP contribution in [0.15, 0.2) is 78.9 Å². The topological polar surface area (TPSA) is 49.7 Å². The number of aromatic hydroxyl groups is 1. The summed E-state index contributed by atoms with van der Waals surface area (Å²) in [5, 5.41) is 19.4. The molecule has 1 unspecified atom stereocenters. The minimum atomic E-state index is -1.08. The van der Waals surface area contributed by atoms with Gasteiger partial charge in [0.05, 0.1) is 6.10 Å². The van der Waals surface area contributed by atoms with E-state index in [0.29, 0.717) is 17.5 Å². The first kappa shape index (κ1) is 24.4. The molecule has 0 aliphatic rings. The number of hydrogen-bond donors (Lipinski definition) is 2. The highest BCUT2D eigenvalue weighted by atomic mass is 19.2. The first-order valence-electron chi connectivity index (χ1n) is 11.3. The maximum Gasteiger partial charge on any atom is 0.201 e. The lowest BCUT2D eigenvalue weighted by Crippen LogP contribution is -2.00. The summed E-state index contributed by atoms with van der Waals surface area (Å²) >= 11 is 0. The molecule has 0 fully saturated rings. The molecule has 4 aromatic rings. The van der Waals surface area contributed by atoms with Gasteiger partial charge in [-0.05, 0) is 58.5 Å². The number of aliphatic hydroxyl groups excluding tert-OH is 1. The van der Waals surface area contributed by atoms with E-state index in [2.05, 4.69) is 0 Å². The van der Waals surface area contributed by atoms with Crippen LogP contribution in [-0.2, 0) is 6.61 Å². The van der Waals surface area contributed by atoms with Gasteiger partial charge in [-0.15, -0.1) is 0 Å². The van der Waals surface area contributed by atoms with Crippen LogP contribution >= 0.6 is 0 Å². The highest BCUT2D eigenvalue weighted by molar-refractivity contribution is 5.66. The van der Waals surface area contributed by atoms with Crippen LogP contribution in [-0.4, -0.2) is 10.2 Å². The van der Waals surface area contributed by atoms with Crippen LogP contribution in [0.4, 0.5) is 13.2 Å². The Hall–Kier alpha value is -3.77. The Balaban J connectivity index is 1.45. The fraction of sp³-hybridized carbons (Fsp3) is 0.172. The molecule has 0 amide bonds. The van der Waals surface area contributed by atoms with Crippen molar-refractivity contribution in [2.24, 2.45) is 0 Å². The number of aliphatic hydroxyl groups is 1. The molecule has 0 radical (unpaired) electrons. The van der Waals surface area contributed by atoms with Gasteiger partial charge in [-0.2, -0.15) is 4.39 Å². The van der Waals surface area contributed by atoms with Crippen LogP contribution in [0.25, 0.3) is 22.3 Å². The summed E-state index contributed by atoms with van der Waals surface area (Å²) in [5.41, 5.74) is 3.40. The number of rotatable bonds is 8. The van der Waals surface area contributed by atoms with Gasteiger partial charge in [0.1, 0.15) is 6.61 Å². The van der Waals surface area contributed by atoms with Crippen molar-refractivity contribution in [1.82, 2.24) is 0 Å². The molecule has 3 nitrogen and oxygen atoms in total. The maximum absolute atomic E-state index is 14.8. The first-order valence-corrected chi connectivity index (χ1v) is 11.3. The van der Waals surface area contributed by atoms with Gasteiger partial charge in [0.2, 0.25) is 5.82 Å². The van der Waals surface area contributed by atoms with Crippen LogP contribution in [0.1, 0.15) is 37.0 Å². The zero-order valence-electron chi connectivity index (χ0n) is 19.1. The van der Waals surface area contributed by atoms with Crippen LogP contribution in [0.5, 0.6) is 11.5 Å². The van der Waals surface area contributed by atoms with Crippen molar-refractivity contribution in [3.8, 4) is 33.8 Å². The molecule has 4 rings (SSSR count). The first-order chi connectivity index (χ1) is 16.9. The quantitative estimate of drug-likeness (QED) is 0.275. The van der Waals surface area contributed by atoms with Gasteiger partial charge >= 0.3 is 0 Å². The molecule has 0 aliphatic heterocycles. The van der Waals surface area contributed by atoms with E-state index in [1.165, 1.54) is 24.3 Å².